The van der Waals surface area contributed by atoms with Crippen molar-refractivity contribution in [2.75, 3.05) is 32.6 Å². The summed E-state index contributed by atoms with van der Waals surface area (Å²) in [4.78, 5) is 13.1. The highest BCUT2D eigenvalue weighted by Crippen LogP contribution is 2.30. The van der Waals surface area contributed by atoms with Crippen LogP contribution < -0.4 is 4.90 Å². The molecule has 4 nitrogen and oxygen atoms in total. The Morgan fingerprint density at radius 1 is 1.09 bits per heavy atom. The van der Waals surface area contributed by atoms with E-state index in [0.717, 1.165) is 29.3 Å². The molecule has 1 aromatic rings. The average molecular weight is 365 g/mol. The van der Waals surface area contributed by atoms with Crippen LogP contribution in [-0.2, 0) is 0 Å². The minimum atomic E-state index is 0.548. The average Bonchev–Trinajstić information content (AvgIpc) is 2.52. The van der Waals surface area contributed by atoms with Gasteiger partial charge in [0.2, 0.25) is 5.95 Å². The van der Waals surface area contributed by atoms with Gasteiger partial charge in [-0.05, 0) is 61.6 Å². The van der Waals surface area contributed by atoms with Crippen LogP contribution in [0.25, 0.3) is 0 Å². The highest BCUT2D eigenvalue weighted by atomic mass is 79.9. The van der Waals surface area contributed by atoms with Crippen LogP contribution in [0.5, 0.6) is 0 Å². The van der Waals surface area contributed by atoms with Crippen LogP contribution in [-0.4, -0.2) is 48.6 Å². The molecule has 1 heterocycles. The highest BCUT2D eigenvalue weighted by molar-refractivity contribution is 9.10. The van der Waals surface area contributed by atoms with Gasteiger partial charge in [0.1, 0.15) is 0 Å². The van der Waals surface area contributed by atoms with Crippen LogP contribution in [0.15, 0.2) is 16.9 Å². The number of halogens is 1. The largest absolute Gasteiger partial charge is 0.341 e. The molecular formula is C17H25BrN4. The zero-order chi connectivity index (χ0) is 15.9. The first-order valence-electron chi connectivity index (χ1n) is 7.87. The van der Waals surface area contributed by atoms with Gasteiger partial charge in [-0.1, -0.05) is 5.92 Å². The first-order chi connectivity index (χ1) is 10.6. The van der Waals surface area contributed by atoms with Crippen LogP contribution in [0, 0.1) is 17.8 Å². The van der Waals surface area contributed by atoms with Gasteiger partial charge < -0.3 is 4.90 Å². The first kappa shape index (κ1) is 17.2. The van der Waals surface area contributed by atoms with Crippen molar-refractivity contribution in [1.29, 1.82) is 0 Å². The lowest BCUT2D eigenvalue weighted by molar-refractivity contribution is 0.323. The van der Waals surface area contributed by atoms with Gasteiger partial charge in [0, 0.05) is 31.9 Å². The standard InChI is InChI=1S/C17H25BrN4/c1-21(2)11-5-4-6-14-7-9-16(10-8-14)22(3)17-19-12-15(18)13-20-17/h12-14,16H,6-11H2,1-3H3/t14-,16-. The molecule has 0 radical (unpaired) electrons. The number of rotatable bonds is 4. The summed E-state index contributed by atoms with van der Waals surface area (Å²) in [5, 5.41) is 0. The molecule has 1 aromatic heterocycles. The summed E-state index contributed by atoms with van der Waals surface area (Å²) in [6.07, 6.45) is 9.57. The van der Waals surface area contributed by atoms with E-state index in [-0.39, 0.29) is 0 Å². The van der Waals surface area contributed by atoms with Crippen molar-refractivity contribution in [3.8, 4) is 11.8 Å². The second-order valence-corrected chi connectivity index (χ2v) is 7.20. The van der Waals surface area contributed by atoms with Gasteiger partial charge >= 0.3 is 0 Å². The molecule has 1 aliphatic rings. The van der Waals surface area contributed by atoms with Crippen molar-refractivity contribution in [1.82, 2.24) is 14.9 Å². The molecule has 1 fully saturated rings. The Morgan fingerprint density at radius 3 is 2.32 bits per heavy atom. The molecule has 120 valence electrons. The van der Waals surface area contributed by atoms with Crippen molar-refractivity contribution >= 4 is 21.9 Å². The molecular weight excluding hydrogens is 340 g/mol. The Morgan fingerprint density at radius 2 is 1.73 bits per heavy atom. The first-order valence-corrected chi connectivity index (χ1v) is 8.66. The molecule has 1 saturated carbocycles. The minimum Gasteiger partial charge on any atom is -0.341 e. The molecule has 5 heteroatoms. The molecule has 0 aromatic carbocycles. The molecule has 0 bridgehead atoms. The monoisotopic (exact) mass is 364 g/mol. The summed E-state index contributed by atoms with van der Waals surface area (Å²) in [5.41, 5.74) is 0. The van der Waals surface area contributed by atoms with Crippen LogP contribution in [0.3, 0.4) is 0 Å². The summed E-state index contributed by atoms with van der Waals surface area (Å²) in [5.74, 6) is 8.14. The van der Waals surface area contributed by atoms with Crippen molar-refractivity contribution in [3.63, 3.8) is 0 Å². The predicted octanol–water partition coefficient (Wildman–Crippen LogP) is 3.19. The number of aromatic nitrogens is 2. The number of hydrogen-bond acceptors (Lipinski definition) is 4. The molecule has 0 aliphatic heterocycles. The Kier molecular flexibility index (Phi) is 6.66. The maximum absolute atomic E-state index is 4.39. The van der Waals surface area contributed by atoms with E-state index in [1.807, 2.05) is 12.4 Å². The Balaban J connectivity index is 1.78. The molecule has 0 atom stereocenters. The predicted molar refractivity (Wildman–Crippen MR) is 94.8 cm³/mol. The fraction of sp³-hybridized carbons (Fsp3) is 0.647. The van der Waals surface area contributed by atoms with E-state index >= 15 is 0 Å². The van der Waals surface area contributed by atoms with Crippen LogP contribution in [0.2, 0.25) is 0 Å². The third-order valence-electron chi connectivity index (χ3n) is 4.20. The molecule has 22 heavy (non-hydrogen) atoms. The smallest absolute Gasteiger partial charge is 0.225 e. The lowest BCUT2D eigenvalue weighted by Gasteiger charge is -2.34. The molecule has 2 rings (SSSR count). The van der Waals surface area contributed by atoms with Crippen molar-refractivity contribution in [2.45, 2.75) is 38.1 Å². The SMILES string of the molecule is CN(C)CC#CC[C@H]1CC[C@H](N(C)c2ncc(Br)cn2)CC1. The Labute approximate surface area is 142 Å². The second kappa shape index (κ2) is 8.50. The van der Waals surface area contributed by atoms with Crippen molar-refractivity contribution in [2.24, 2.45) is 5.92 Å². The van der Waals surface area contributed by atoms with Gasteiger partial charge in [-0.25, -0.2) is 9.97 Å². The lowest BCUT2D eigenvalue weighted by atomic mass is 9.84. The quantitative estimate of drug-likeness (QED) is 0.768. The van der Waals surface area contributed by atoms with Crippen molar-refractivity contribution in [3.05, 3.63) is 16.9 Å². The van der Waals surface area contributed by atoms with E-state index in [9.17, 15) is 0 Å². The Hall–Kier alpha value is -1.12. The highest BCUT2D eigenvalue weighted by Gasteiger charge is 2.24. The van der Waals surface area contributed by atoms with Crippen LogP contribution in [0.4, 0.5) is 5.95 Å². The molecule has 0 amide bonds. The van der Waals surface area contributed by atoms with Gasteiger partial charge in [-0.2, -0.15) is 0 Å². The maximum atomic E-state index is 4.39. The molecule has 0 N–H and O–H groups in total. The van der Waals surface area contributed by atoms with E-state index in [1.165, 1.54) is 25.7 Å². The van der Waals surface area contributed by atoms with E-state index in [2.05, 4.69) is 68.7 Å². The van der Waals surface area contributed by atoms with Crippen LogP contribution >= 0.6 is 15.9 Å². The molecule has 1 aliphatic carbocycles. The van der Waals surface area contributed by atoms with Crippen LogP contribution in [0.1, 0.15) is 32.1 Å². The third-order valence-corrected chi connectivity index (χ3v) is 4.61. The molecule has 0 spiro atoms. The topological polar surface area (TPSA) is 32.3 Å². The number of nitrogens with zero attached hydrogens (tertiary/aromatic N) is 4. The third kappa shape index (κ3) is 5.26. The summed E-state index contributed by atoms with van der Waals surface area (Å²) in [6, 6.07) is 0.548. The van der Waals surface area contributed by atoms with Gasteiger partial charge in [0.15, 0.2) is 0 Å². The summed E-state index contributed by atoms with van der Waals surface area (Å²) in [6.45, 7) is 0.860. The number of anilines is 1. The fourth-order valence-corrected chi connectivity index (χ4v) is 3.02. The van der Waals surface area contributed by atoms with Gasteiger partial charge in [-0.3, -0.25) is 4.90 Å². The van der Waals surface area contributed by atoms with Gasteiger partial charge in [0.05, 0.1) is 11.0 Å². The second-order valence-electron chi connectivity index (χ2n) is 6.28. The van der Waals surface area contributed by atoms with Gasteiger partial charge in [0.25, 0.3) is 0 Å². The number of hydrogen-bond donors (Lipinski definition) is 0. The normalized spacial score (nSPS) is 21.3. The lowest BCUT2D eigenvalue weighted by Crippen LogP contribution is -2.36. The maximum Gasteiger partial charge on any atom is 0.225 e. The Bertz CT molecular complexity index is 510. The summed E-state index contributed by atoms with van der Waals surface area (Å²) in [7, 11) is 6.21. The van der Waals surface area contributed by atoms with E-state index < -0.39 is 0 Å². The summed E-state index contributed by atoms with van der Waals surface area (Å²) >= 11 is 3.38. The molecule has 0 unspecified atom stereocenters. The van der Waals surface area contributed by atoms with E-state index in [4.69, 9.17) is 0 Å². The summed E-state index contributed by atoms with van der Waals surface area (Å²) < 4.78 is 0.921. The van der Waals surface area contributed by atoms with E-state index in [0.29, 0.717) is 6.04 Å². The fourth-order valence-electron chi connectivity index (χ4n) is 2.82. The van der Waals surface area contributed by atoms with Crippen molar-refractivity contribution < 1.29 is 0 Å². The minimum absolute atomic E-state index is 0.548. The molecule has 0 saturated heterocycles. The van der Waals surface area contributed by atoms with E-state index in [1.54, 1.807) is 0 Å². The zero-order valence-electron chi connectivity index (χ0n) is 13.7. The van der Waals surface area contributed by atoms with Gasteiger partial charge in [-0.15, -0.1) is 5.92 Å². The zero-order valence-corrected chi connectivity index (χ0v) is 15.3.